The number of amides is 1. The highest BCUT2D eigenvalue weighted by Gasteiger charge is 2.25. The molecule has 6 nitrogen and oxygen atoms in total. The molecule has 0 aliphatic carbocycles. The molecule has 2 aromatic heterocycles. The summed E-state index contributed by atoms with van der Waals surface area (Å²) in [7, 11) is 0. The normalized spacial score (nSPS) is 20.6. The molecule has 3 N–H and O–H groups in total. The molecular formula is C19H21N5OS. The summed E-state index contributed by atoms with van der Waals surface area (Å²) in [5.74, 6) is 1.04. The lowest BCUT2D eigenvalue weighted by molar-refractivity contribution is 0.0949. The van der Waals surface area contributed by atoms with Crippen LogP contribution in [-0.4, -0.2) is 49.7 Å². The Labute approximate surface area is 155 Å². The summed E-state index contributed by atoms with van der Waals surface area (Å²) in [6, 6.07) is 8.54. The van der Waals surface area contributed by atoms with Crippen LogP contribution in [0.2, 0.25) is 0 Å². The third-order valence-electron chi connectivity index (χ3n) is 5.12. The van der Waals surface area contributed by atoms with Crippen LogP contribution in [0.15, 0.2) is 24.3 Å². The van der Waals surface area contributed by atoms with Gasteiger partial charge in [0.1, 0.15) is 10.7 Å². The van der Waals surface area contributed by atoms with Crippen LogP contribution in [0.1, 0.15) is 16.6 Å². The van der Waals surface area contributed by atoms with Crippen LogP contribution in [0.3, 0.4) is 0 Å². The van der Waals surface area contributed by atoms with E-state index in [0.29, 0.717) is 0 Å². The highest BCUT2D eigenvalue weighted by atomic mass is 32.1. The number of carbonyl (C=O) groups excluding carboxylic acids is 1. The molecule has 2 aliphatic heterocycles. The number of thiophene rings is 1. The fourth-order valence-corrected chi connectivity index (χ4v) is 4.88. The van der Waals surface area contributed by atoms with Crippen molar-refractivity contribution in [1.29, 1.82) is 0 Å². The van der Waals surface area contributed by atoms with Crippen molar-refractivity contribution in [2.24, 2.45) is 0 Å². The Balaban J connectivity index is 1.66. The standard InChI is InChI=1S/C19H21N5OS/c1-11-10-21-17-16-12-2-5-15(24-8-6-20-7-9-24)23-13(12)3-4-14(16)26-18(17)19(25)22-11/h2-5,11,20-21H,6-10H2,1H3,(H,22,25)/t11-/m1/s1. The zero-order valence-electron chi connectivity index (χ0n) is 14.6. The summed E-state index contributed by atoms with van der Waals surface area (Å²) in [5.41, 5.74) is 1.93. The fraction of sp³-hybridized carbons (Fsp3) is 0.368. The lowest BCUT2D eigenvalue weighted by atomic mass is 10.1. The second-order valence-corrected chi connectivity index (χ2v) is 8.03. The summed E-state index contributed by atoms with van der Waals surface area (Å²) in [5, 5.41) is 12.1. The number of fused-ring (bicyclic) bond motifs is 5. The predicted molar refractivity (Wildman–Crippen MR) is 108 cm³/mol. The number of piperazine rings is 1. The number of carbonyl (C=O) groups is 1. The number of aromatic nitrogens is 1. The van der Waals surface area contributed by atoms with Crippen molar-refractivity contribution in [2.75, 3.05) is 42.9 Å². The van der Waals surface area contributed by atoms with Gasteiger partial charge in [-0.3, -0.25) is 4.79 Å². The lowest BCUT2D eigenvalue weighted by Crippen LogP contribution is -2.43. The van der Waals surface area contributed by atoms with E-state index in [-0.39, 0.29) is 11.9 Å². The Morgan fingerprint density at radius 2 is 2.04 bits per heavy atom. The van der Waals surface area contributed by atoms with Crippen molar-refractivity contribution >= 4 is 49.7 Å². The first kappa shape index (κ1) is 15.8. The van der Waals surface area contributed by atoms with Gasteiger partial charge in [-0.1, -0.05) is 0 Å². The number of nitrogens with one attached hydrogen (secondary N) is 3. The molecule has 5 rings (SSSR count). The van der Waals surface area contributed by atoms with Gasteiger partial charge in [0.15, 0.2) is 0 Å². The number of anilines is 2. The monoisotopic (exact) mass is 367 g/mol. The van der Waals surface area contributed by atoms with Gasteiger partial charge in [0.25, 0.3) is 5.91 Å². The second kappa shape index (κ2) is 6.10. The highest BCUT2D eigenvalue weighted by molar-refractivity contribution is 7.21. The SMILES string of the molecule is C[C@@H]1CNc2c(sc3ccc4nc(N5CCNCC5)ccc4c23)C(=O)N1. The van der Waals surface area contributed by atoms with Crippen LogP contribution in [0.4, 0.5) is 11.5 Å². The quantitative estimate of drug-likeness (QED) is 0.616. The number of nitrogens with zero attached hydrogens (tertiary/aromatic N) is 2. The maximum atomic E-state index is 12.5. The van der Waals surface area contributed by atoms with Gasteiger partial charge >= 0.3 is 0 Å². The van der Waals surface area contributed by atoms with Crippen LogP contribution in [0.5, 0.6) is 0 Å². The minimum Gasteiger partial charge on any atom is -0.381 e. The summed E-state index contributed by atoms with van der Waals surface area (Å²) in [6.07, 6.45) is 0. The molecule has 3 aromatic rings. The van der Waals surface area contributed by atoms with Crippen molar-refractivity contribution < 1.29 is 4.79 Å². The summed E-state index contributed by atoms with van der Waals surface area (Å²) in [4.78, 5) is 20.5. The maximum Gasteiger partial charge on any atom is 0.263 e. The molecule has 0 saturated carbocycles. The molecule has 1 atom stereocenters. The topological polar surface area (TPSA) is 69.3 Å². The molecule has 26 heavy (non-hydrogen) atoms. The Bertz CT molecular complexity index is 1010. The van der Waals surface area contributed by atoms with Crippen molar-refractivity contribution in [1.82, 2.24) is 15.6 Å². The minimum absolute atomic E-state index is 0.0113. The fourth-order valence-electron chi connectivity index (χ4n) is 3.78. The molecule has 0 bridgehead atoms. The number of rotatable bonds is 1. The average Bonchev–Trinajstić information content (AvgIpc) is 2.99. The van der Waals surface area contributed by atoms with Gasteiger partial charge < -0.3 is 20.9 Å². The van der Waals surface area contributed by atoms with Gasteiger partial charge in [-0.05, 0) is 31.2 Å². The molecular weight excluding hydrogens is 346 g/mol. The molecule has 1 fully saturated rings. The number of pyridine rings is 1. The van der Waals surface area contributed by atoms with E-state index in [0.717, 1.165) is 70.1 Å². The Hall–Kier alpha value is -2.38. The number of hydrogen-bond acceptors (Lipinski definition) is 6. The molecule has 1 aromatic carbocycles. The Morgan fingerprint density at radius 1 is 1.19 bits per heavy atom. The first-order valence-corrected chi connectivity index (χ1v) is 9.89. The molecule has 4 heterocycles. The summed E-state index contributed by atoms with van der Waals surface area (Å²) < 4.78 is 1.12. The third kappa shape index (κ3) is 2.50. The third-order valence-corrected chi connectivity index (χ3v) is 6.27. The minimum atomic E-state index is 0.0113. The predicted octanol–water partition coefficient (Wildman–Crippen LogP) is 2.40. The maximum absolute atomic E-state index is 12.5. The van der Waals surface area contributed by atoms with Gasteiger partial charge in [0.05, 0.1) is 11.2 Å². The summed E-state index contributed by atoms with van der Waals surface area (Å²) >= 11 is 1.55. The van der Waals surface area contributed by atoms with E-state index >= 15 is 0 Å². The zero-order chi connectivity index (χ0) is 17.7. The smallest absolute Gasteiger partial charge is 0.263 e. The Kier molecular flexibility index (Phi) is 3.72. The number of hydrogen-bond donors (Lipinski definition) is 3. The van der Waals surface area contributed by atoms with Gasteiger partial charge in [0, 0.05) is 54.2 Å². The van der Waals surface area contributed by atoms with Crippen LogP contribution >= 0.6 is 11.3 Å². The first-order chi connectivity index (χ1) is 12.7. The van der Waals surface area contributed by atoms with Gasteiger partial charge in [0.2, 0.25) is 0 Å². The van der Waals surface area contributed by atoms with Crippen LogP contribution in [-0.2, 0) is 0 Å². The first-order valence-electron chi connectivity index (χ1n) is 9.07. The average molecular weight is 367 g/mol. The molecule has 1 saturated heterocycles. The largest absolute Gasteiger partial charge is 0.381 e. The highest BCUT2D eigenvalue weighted by Crippen LogP contribution is 2.41. The van der Waals surface area contributed by atoms with Crippen molar-refractivity contribution in [3.63, 3.8) is 0 Å². The lowest BCUT2D eigenvalue weighted by Gasteiger charge is -2.28. The molecule has 2 aliphatic rings. The molecule has 1 amide bonds. The molecule has 0 unspecified atom stereocenters. The van der Waals surface area contributed by atoms with E-state index in [4.69, 9.17) is 4.98 Å². The van der Waals surface area contributed by atoms with Crippen molar-refractivity contribution in [2.45, 2.75) is 13.0 Å². The van der Waals surface area contributed by atoms with Gasteiger partial charge in [-0.15, -0.1) is 11.3 Å². The van der Waals surface area contributed by atoms with Crippen LogP contribution < -0.4 is 20.9 Å². The van der Waals surface area contributed by atoms with Gasteiger partial charge in [-0.25, -0.2) is 4.98 Å². The molecule has 0 spiro atoms. The number of benzene rings is 1. The van der Waals surface area contributed by atoms with E-state index in [1.807, 2.05) is 6.92 Å². The van der Waals surface area contributed by atoms with Crippen molar-refractivity contribution in [3.05, 3.63) is 29.1 Å². The van der Waals surface area contributed by atoms with E-state index < -0.39 is 0 Å². The van der Waals surface area contributed by atoms with E-state index in [1.165, 1.54) is 0 Å². The molecule has 134 valence electrons. The second-order valence-electron chi connectivity index (χ2n) is 6.97. The van der Waals surface area contributed by atoms with Crippen LogP contribution in [0.25, 0.3) is 21.0 Å². The van der Waals surface area contributed by atoms with E-state index in [2.05, 4.69) is 45.1 Å². The molecule has 0 radical (unpaired) electrons. The van der Waals surface area contributed by atoms with E-state index in [9.17, 15) is 4.79 Å². The zero-order valence-corrected chi connectivity index (χ0v) is 15.4. The summed E-state index contributed by atoms with van der Waals surface area (Å²) in [6.45, 7) is 6.70. The van der Waals surface area contributed by atoms with Gasteiger partial charge in [-0.2, -0.15) is 0 Å². The van der Waals surface area contributed by atoms with Crippen LogP contribution in [0, 0.1) is 0 Å². The van der Waals surface area contributed by atoms with E-state index in [1.54, 1.807) is 11.3 Å². The molecule has 7 heteroatoms. The van der Waals surface area contributed by atoms with Crippen molar-refractivity contribution in [3.8, 4) is 0 Å². The Morgan fingerprint density at radius 3 is 2.88 bits per heavy atom.